The van der Waals surface area contributed by atoms with E-state index in [9.17, 15) is 4.39 Å². The van der Waals surface area contributed by atoms with E-state index >= 15 is 0 Å². The predicted octanol–water partition coefficient (Wildman–Crippen LogP) is 1.67. The SMILES string of the molecule is CSc1nccc(CF)n1. The molecule has 1 aromatic rings. The summed E-state index contributed by atoms with van der Waals surface area (Å²) in [6.45, 7) is -0.518. The van der Waals surface area contributed by atoms with Crippen molar-refractivity contribution in [1.29, 1.82) is 0 Å². The van der Waals surface area contributed by atoms with Crippen molar-refractivity contribution in [2.75, 3.05) is 6.26 Å². The van der Waals surface area contributed by atoms with Crippen LogP contribution in [0.2, 0.25) is 0 Å². The molecule has 0 atom stereocenters. The van der Waals surface area contributed by atoms with Crippen LogP contribution in [0.15, 0.2) is 17.4 Å². The highest BCUT2D eigenvalue weighted by atomic mass is 32.2. The third kappa shape index (κ3) is 1.67. The summed E-state index contributed by atoms with van der Waals surface area (Å²) >= 11 is 1.41. The molecule has 0 unspecified atom stereocenters. The van der Waals surface area contributed by atoms with Gasteiger partial charge in [-0.1, -0.05) is 11.8 Å². The lowest BCUT2D eigenvalue weighted by molar-refractivity contribution is 0.472. The molecular formula is C6H7FN2S. The van der Waals surface area contributed by atoms with E-state index in [0.717, 1.165) is 0 Å². The summed E-state index contributed by atoms with van der Waals surface area (Å²) in [4.78, 5) is 7.78. The van der Waals surface area contributed by atoms with E-state index in [1.54, 1.807) is 12.3 Å². The molecule has 0 bridgehead atoms. The van der Waals surface area contributed by atoms with Gasteiger partial charge < -0.3 is 0 Å². The molecule has 54 valence electrons. The van der Waals surface area contributed by atoms with E-state index in [1.165, 1.54) is 11.8 Å². The van der Waals surface area contributed by atoms with Crippen molar-refractivity contribution in [2.45, 2.75) is 11.8 Å². The highest BCUT2D eigenvalue weighted by Gasteiger charge is 1.94. The van der Waals surface area contributed by atoms with Crippen LogP contribution in [0, 0.1) is 0 Å². The predicted molar refractivity (Wildman–Crippen MR) is 38.6 cm³/mol. The Bertz CT molecular complexity index is 197. The summed E-state index contributed by atoms with van der Waals surface area (Å²) in [5.41, 5.74) is 0.444. The average molecular weight is 158 g/mol. The maximum Gasteiger partial charge on any atom is 0.187 e. The number of thioether (sulfide) groups is 1. The van der Waals surface area contributed by atoms with Crippen LogP contribution in [0.4, 0.5) is 4.39 Å². The van der Waals surface area contributed by atoms with Gasteiger partial charge in [0.25, 0.3) is 0 Å². The minimum atomic E-state index is -0.518. The second-order valence-electron chi connectivity index (χ2n) is 1.67. The summed E-state index contributed by atoms with van der Waals surface area (Å²) in [6, 6.07) is 1.57. The molecule has 1 aromatic heterocycles. The van der Waals surface area contributed by atoms with Gasteiger partial charge in [0.15, 0.2) is 5.16 Å². The largest absolute Gasteiger partial charge is 0.244 e. The zero-order valence-corrected chi connectivity index (χ0v) is 6.36. The highest BCUT2D eigenvalue weighted by Crippen LogP contribution is 2.07. The van der Waals surface area contributed by atoms with E-state index in [1.807, 2.05) is 6.26 Å². The van der Waals surface area contributed by atoms with E-state index in [4.69, 9.17) is 0 Å². The molecule has 0 aliphatic rings. The van der Waals surface area contributed by atoms with Crippen LogP contribution in [-0.2, 0) is 6.67 Å². The fourth-order valence-corrected chi connectivity index (χ4v) is 0.924. The summed E-state index contributed by atoms with van der Waals surface area (Å²) < 4.78 is 11.9. The number of halogens is 1. The lowest BCUT2D eigenvalue weighted by Gasteiger charge is -1.94. The van der Waals surface area contributed by atoms with Gasteiger partial charge in [-0.3, -0.25) is 0 Å². The average Bonchev–Trinajstić information content (AvgIpc) is 2.05. The Balaban J connectivity index is 2.87. The lowest BCUT2D eigenvalue weighted by Crippen LogP contribution is -1.89. The van der Waals surface area contributed by atoms with Gasteiger partial charge in [-0.2, -0.15) is 0 Å². The van der Waals surface area contributed by atoms with Gasteiger partial charge in [-0.05, 0) is 12.3 Å². The Morgan fingerprint density at radius 2 is 2.50 bits per heavy atom. The van der Waals surface area contributed by atoms with E-state index in [2.05, 4.69) is 9.97 Å². The molecule has 1 rings (SSSR count). The smallest absolute Gasteiger partial charge is 0.187 e. The Morgan fingerprint density at radius 3 is 3.10 bits per heavy atom. The monoisotopic (exact) mass is 158 g/mol. The van der Waals surface area contributed by atoms with Gasteiger partial charge in [0.1, 0.15) is 6.67 Å². The molecule has 0 aliphatic carbocycles. The Hall–Kier alpha value is -0.640. The number of hydrogen-bond acceptors (Lipinski definition) is 3. The topological polar surface area (TPSA) is 25.8 Å². The van der Waals surface area contributed by atoms with Crippen molar-refractivity contribution in [3.8, 4) is 0 Å². The first-order valence-corrected chi connectivity index (χ1v) is 4.01. The highest BCUT2D eigenvalue weighted by molar-refractivity contribution is 7.98. The fourth-order valence-electron chi connectivity index (χ4n) is 0.549. The molecule has 0 spiro atoms. The number of rotatable bonds is 2. The first-order chi connectivity index (χ1) is 4.86. The molecule has 0 amide bonds. The number of alkyl halides is 1. The first-order valence-electron chi connectivity index (χ1n) is 2.78. The molecule has 0 saturated heterocycles. The number of nitrogens with zero attached hydrogens (tertiary/aromatic N) is 2. The Morgan fingerprint density at radius 1 is 1.70 bits per heavy atom. The standard InChI is InChI=1S/C6H7FN2S/c1-10-6-8-3-2-5(4-7)9-6/h2-3H,4H2,1H3. The van der Waals surface area contributed by atoms with Crippen molar-refractivity contribution in [3.05, 3.63) is 18.0 Å². The molecule has 0 fully saturated rings. The minimum absolute atomic E-state index is 0.444. The minimum Gasteiger partial charge on any atom is -0.244 e. The van der Waals surface area contributed by atoms with Crippen LogP contribution in [0.1, 0.15) is 5.69 Å². The number of aromatic nitrogens is 2. The molecule has 1 heterocycles. The van der Waals surface area contributed by atoms with Gasteiger partial charge in [0.2, 0.25) is 0 Å². The van der Waals surface area contributed by atoms with Crippen LogP contribution < -0.4 is 0 Å². The van der Waals surface area contributed by atoms with Crippen LogP contribution in [0.25, 0.3) is 0 Å². The normalized spacial score (nSPS) is 9.80. The molecule has 0 radical (unpaired) electrons. The van der Waals surface area contributed by atoms with Crippen LogP contribution in [0.5, 0.6) is 0 Å². The molecule has 4 heteroatoms. The summed E-state index contributed by atoms with van der Waals surface area (Å²) in [7, 11) is 0. The van der Waals surface area contributed by atoms with Crippen molar-refractivity contribution in [3.63, 3.8) is 0 Å². The molecule has 0 aromatic carbocycles. The van der Waals surface area contributed by atoms with E-state index < -0.39 is 6.67 Å². The first kappa shape index (κ1) is 7.47. The third-order valence-electron chi connectivity index (χ3n) is 1.01. The Labute approximate surface area is 62.9 Å². The van der Waals surface area contributed by atoms with Crippen molar-refractivity contribution >= 4 is 11.8 Å². The van der Waals surface area contributed by atoms with Crippen molar-refractivity contribution < 1.29 is 4.39 Å². The maximum atomic E-state index is 11.9. The van der Waals surface area contributed by atoms with Gasteiger partial charge in [0.05, 0.1) is 5.69 Å². The summed E-state index contributed by atoms with van der Waals surface area (Å²) in [5.74, 6) is 0. The van der Waals surface area contributed by atoms with E-state index in [0.29, 0.717) is 10.9 Å². The van der Waals surface area contributed by atoms with Crippen LogP contribution in [0.3, 0.4) is 0 Å². The van der Waals surface area contributed by atoms with Crippen LogP contribution >= 0.6 is 11.8 Å². The molecular weight excluding hydrogens is 151 g/mol. The Kier molecular flexibility index (Phi) is 2.62. The lowest BCUT2D eigenvalue weighted by atomic mass is 10.4. The zero-order chi connectivity index (χ0) is 7.40. The van der Waals surface area contributed by atoms with Gasteiger partial charge in [0, 0.05) is 6.20 Å². The van der Waals surface area contributed by atoms with Crippen LogP contribution in [-0.4, -0.2) is 16.2 Å². The molecule has 2 nitrogen and oxygen atoms in total. The second kappa shape index (κ2) is 3.51. The fraction of sp³-hybridized carbons (Fsp3) is 0.333. The van der Waals surface area contributed by atoms with Gasteiger partial charge in [-0.25, -0.2) is 14.4 Å². The number of hydrogen-bond donors (Lipinski definition) is 0. The molecule has 0 N–H and O–H groups in total. The second-order valence-corrected chi connectivity index (χ2v) is 2.44. The van der Waals surface area contributed by atoms with Gasteiger partial charge >= 0.3 is 0 Å². The molecule has 0 saturated carbocycles. The van der Waals surface area contributed by atoms with Crippen molar-refractivity contribution in [2.24, 2.45) is 0 Å². The summed E-state index contributed by atoms with van der Waals surface area (Å²) in [6.07, 6.45) is 3.42. The molecule has 0 aliphatic heterocycles. The third-order valence-corrected chi connectivity index (χ3v) is 1.57. The van der Waals surface area contributed by atoms with E-state index in [-0.39, 0.29) is 0 Å². The maximum absolute atomic E-state index is 11.9. The van der Waals surface area contributed by atoms with Gasteiger partial charge in [-0.15, -0.1) is 0 Å². The molecule has 10 heavy (non-hydrogen) atoms. The van der Waals surface area contributed by atoms with Crippen molar-refractivity contribution in [1.82, 2.24) is 9.97 Å². The zero-order valence-electron chi connectivity index (χ0n) is 5.54. The quantitative estimate of drug-likeness (QED) is 0.483. The summed E-state index contributed by atoms with van der Waals surface area (Å²) in [5, 5.41) is 0.621.